The Morgan fingerprint density at radius 3 is 2.76 bits per heavy atom. The van der Waals surface area contributed by atoms with Crippen molar-refractivity contribution in [2.45, 2.75) is 39.2 Å². The molecule has 3 rings (SSSR count). The summed E-state index contributed by atoms with van der Waals surface area (Å²) in [4.78, 5) is 7.28. The Bertz CT molecular complexity index is 600. The van der Waals surface area contributed by atoms with Gasteiger partial charge in [-0.1, -0.05) is 38.0 Å². The quantitative estimate of drug-likeness (QED) is 0.927. The summed E-state index contributed by atoms with van der Waals surface area (Å²) in [5.41, 5.74) is 9.11. The first-order valence-corrected chi connectivity index (χ1v) is 8.12. The topological polar surface area (TPSA) is 42.1 Å². The largest absolute Gasteiger partial charge is 0.398 e. The highest BCUT2D eigenvalue weighted by Crippen LogP contribution is 2.24. The van der Waals surface area contributed by atoms with E-state index < -0.39 is 0 Å². The highest BCUT2D eigenvalue weighted by atomic mass is 15.1. The van der Waals surface area contributed by atoms with Crippen LogP contribution in [0.1, 0.15) is 38.3 Å². The molecule has 1 aromatic heterocycles. The van der Waals surface area contributed by atoms with Crippen molar-refractivity contribution in [2.24, 2.45) is 5.92 Å². The van der Waals surface area contributed by atoms with Crippen LogP contribution in [0.3, 0.4) is 0 Å². The van der Waals surface area contributed by atoms with Gasteiger partial charge in [0.05, 0.1) is 11.2 Å². The monoisotopic (exact) mass is 283 g/mol. The highest BCUT2D eigenvalue weighted by Gasteiger charge is 2.19. The fourth-order valence-electron chi connectivity index (χ4n) is 3.41. The second-order valence-electron chi connectivity index (χ2n) is 6.23. The van der Waals surface area contributed by atoms with Crippen LogP contribution < -0.4 is 5.73 Å². The van der Waals surface area contributed by atoms with Crippen LogP contribution in [-0.4, -0.2) is 23.0 Å². The van der Waals surface area contributed by atoms with Gasteiger partial charge in [0.25, 0.3) is 0 Å². The van der Waals surface area contributed by atoms with Crippen LogP contribution >= 0.6 is 0 Å². The van der Waals surface area contributed by atoms with E-state index in [0.717, 1.165) is 34.7 Å². The smallest absolute Gasteiger partial charge is 0.0726 e. The van der Waals surface area contributed by atoms with Crippen molar-refractivity contribution in [2.75, 3.05) is 18.8 Å². The average Bonchev–Trinajstić information content (AvgIpc) is 2.50. The Hall–Kier alpha value is -1.61. The van der Waals surface area contributed by atoms with Gasteiger partial charge in [0.1, 0.15) is 0 Å². The van der Waals surface area contributed by atoms with E-state index in [0.29, 0.717) is 0 Å². The molecule has 3 heteroatoms. The number of anilines is 1. The summed E-state index contributed by atoms with van der Waals surface area (Å²) >= 11 is 0. The number of para-hydroxylation sites is 1. The average molecular weight is 283 g/mol. The third-order valence-corrected chi connectivity index (χ3v) is 4.59. The van der Waals surface area contributed by atoms with E-state index in [4.69, 9.17) is 10.7 Å². The van der Waals surface area contributed by atoms with Crippen molar-refractivity contribution < 1.29 is 0 Å². The molecular formula is C18H25N3. The van der Waals surface area contributed by atoms with Crippen LogP contribution in [-0.2, 0) is 6.54 Å². The Morgan fingerprint density at radius 1 is 1.24 bits per heavy atom. The molecule has 0 aliphatic carbocycles. The minimum Gasteiger partial charge on any atom is -0.398 e. The molecule has 1 saturated heterocycles. The highest BCUT2D eigenvalue weighted by molar-refractivity contribution is 5.90. The fourth-order valence-corrected chi connectivity index (χ4v) is 3.41. The lowest BCUT2D eigenvalue weighted by molar-refractivity contribution is 0.170. The fraction of sp³-hybridized carbons (Fsp3) is 0.500. The number of piperidine rings is 1. The molecule has 21 heavy (non-hydrogen) atoms. The maximum absolute atomic E-state index is 6.17. The number of likely N-dealkylation sites (tertiary alicyclic amines) is 1. The number of nitrogens with two attached hydrogens (primary N) is 1. The molecule has 0 unspecified atom stereocenters. The number of rotatable bonds is 4. The van der Waals surface area contributed by atoms with Crippen LogP contribution in [0.2, 0.25) is 0 Å². The summed E-state index contributed by atoms with van der Waals surface area (Å²) in [7, 11) is 0. The molecule has 0 atom stereocenters. The molecule has 1 aromatic carbocycles. The molecule has 1 fully saturated rings. The predicted octanol–water partition coefficient (Wildman–Crippen LogP) is 3.83. The van der Waals surface area contributed by atoms with Crippen LogP contribution in [0.15, 0.2) is 30.3 Å². The Labute approximate surface area is 127 Å². The molecule has 2 heterocycles. The molecule has 3 nitrogen and oxygen atoms in total. The van der Waals surface area contributed by atoms with Crippen LogP contribution in [0, 0.1) is 5.92 Å². The van der Waals surface area contributed by atoms with Crippen molar-refractivity contribution in [3.05, 3.63) is 36.0 Å². The van der Waals surface area contributed by atoms with Crippen molar-refractivity contribution >= 4 is 16.6 Å². The van der Waals surface area contributed by atoms with Gasteiger partial charge in [-0.2, -0.15) is 0 Å². The van der Waals surface area contributed by atoms with E-state index in [-0.39, 0.29) is 0 Å². The minimum atomic E-state index is 0.844. The Kier molecular flexibility index (Phi) is 4.39. The number of hydrogen-bond donors (Lipinski definition) is 1. The first-order valence-electron chi connectivity index (χ1n) is 8.12. The first kappa shape index (κ1) is 14.3. The molecule has 2 aromatic rings. The lowest BCUT2D eigenvalue weighted by atomic mass is 9.92. The summed E-state index contributed by atoms with van der Waals surface area (Å²) in [6.07, 6.45) is 5.36. The molecule has 112 valence electrons. The summed E-state index contributed by atoms with van der Waals surface area (Å²) < 4.78 is 0. The zero-order chi connectivity index (χ0) is 14.7. The van der Waals surface area contributed by atoms with Gasteiger partial charge in [-0.3, -0.25) is 9.88 Å². The number of fused-ring (bicyclic) bond motifs is 1. The summed E-state index contributed by atoms with van der Waals surface area (Å²) in [5, 5.41) is 1.06. The van der Waals surface area contributed by atoms with E-state index in [1.165, 1.54) is 38.8 Å². The standard InChI is InChI=1S/C18H25N3/c1-2-5-14-8-10-21(11-9-14)13-15-12-17(19)16-6-3-4-7-18(16)20-15/h3-4,6-7,12,14H,2,5,8-11,13H2,1H3,(H2,19,20). The number of nitrogens with zero attached hydrogens (tertiary/aromatic N) is 2. The lowest BCUT2D eigenvalue weighted by Crippen LogP contribution is -2.33. The third-order valence-electron chi connectivity index (χ3n) is 4.59. The first-order chi connectivity index (χ1) is 10.3. The molecule has 0 saturated carbocycles. The third kappa shape index (κ3) is 3.35. The number of benzene rings is 1. The van der Waals surface area contributed by atoms with Crippen molar-refractivity contribution in [1.29, 1.82) is 0 Å². The molecule has 0 amide bonds. The normalized spacial score (nSPS) is 17.4. The van der Waals surface area contributed by atoms with Crippen LogP contribution in [0.5, 0.6) is 0 Å². The van der Waals surface area contributed by atoms with Gasteiger partial charge in [0.15, 0.2) is 0 Å². The van der Waals surface area contributed by atoms with E-state index in [1.54, 1.807) is 0 Å². The van der Waals surface area contributed by atoms with Gasteiger partial charge in [0.2, 0.25) is 0 Å². The number of aromatic nitrogens is 1. The summed E-state index contributed by atoms with van der Waals surface area (Å²) in [5.74, 6) is 0.931. The Balaban J connectivity index is 1.68. The van der Waals surface area contributed by atoms with Crippen LogP contribution in [0.25, 0.3) is 10.9 Å². The van der Waals surface area contributed by atoms with Crippen molar-refractivity contribution in [3.63, 3.8) is 0 Å². The van der Waals surface area contributed by atoms with Gasteiger partial charge in [-0.15, -0.1) is 0 Å². The predicted molar refractivity (Wildman–Crippen MR) is 89.1 cm³/mol. The van der Waals surface area contributed by atoms with E-state index in [2.05, 4.69) is 11.8 Å². The molecule has 0 bridgehead atoms. The molecule has 2 N–H and O–H groups in total. The number of nitrogen functional groups attached to an aromatic ring is 1. The number of hydrogen-bond acceptors (Lipinski definition) is 3. The molecular weight excluding hydrogens is 258 g/mol. The molecule has 0 radical (unpaired) electrons. The molecule has 1 aliphatic heterocycles. The Morgan fingerprint density at radius 2 is 2.00 bits per heavy atom. The van der Waals surface area contributed by atoms with Crippen molar-refractivity contribution in [3.8, 4) is 0 Å². The minimum absolute atomic E-state index is 0.844. The van der Waals surface area contributed by atoms with E-state index >= 15 is 0 Å². The zero-order valence-corrected chi connectivity index (χ0v) is 12.9. The van der Waals surface area contributed by atoms with Gasteiger partial charge < -0.3 is 5.73 Å². The van der Waals surface area contributed by atoms with E-state index in [1.807, 2.05) is 30.3 Å². The van der Waals surface area contributed by atoms with Gasteiger partial charge in [0, 0.05) is 17.6 Å². The second kappa shape index (κ2) is 6.44. The zero-order valence-electron chi connectivity index (χ0n) is 12.9. The van der Waals surface area contributed by atoms with Gasteiger partial charge >= 0.3 is 0 Å². The van der Waals surface area contributed by atoms with E-state index in [9.17, 15) is 0 Å². The van der Waals surface area contributed by atoms with Gasteiger partial charge in [-0.05, 0) is 44.0 Å². The molecule has 0 spiro atoms. The summed E-state index contributed by atoms with van der Waals surface area (Å²) in [6, 6.07) is 10.2. The SMILES string of the molecule is CCCC1CCN(Cc2cc(N)c3ccccc3n2)CC1. The number of pyridine rings is 1. The van der Waals surface area contributed by atoms with Gasteiger partial charge in [-0.25, -0.2) is 0 Å². The second-order valence-corrected chi connectivity index (χ2v) is 6.23. The lowest BCUT2D eigenvalue weighted by Gasteiger charge is -2.31. The van der Waals surface area contributed by atoms with Crippen LogP contribution in [0.4, 0.5) is 5.69 Å². The maximum atomic E-state index is 6.17. The summed E-state index contributed by atoms with van der Waals surface area (Å²) in [6.45, 7) is 5.60. The molecule has 1 aliphatic rings. The maximum Gasteiger partial charge on any atom is 0.0726 e. The van der Waals surface area contributed by atoms with Crippen molar-refractivity contribution in [1.82, 2.24) is 9.88 Å².